The molecule has 0 amide bonds. The van der Waals surface area contributed by atoms with Gasteiger partial charge in [0.05, 0.1) is 7.11 Å². The van der Waals surface area contributed by atoms with Crippen LogP contribution >= 0.6 is 0 Å². The Hall–Kier alpha value is -1.22. The summed E-state index contributed by atoms with van der Waals surface area (Å²) in [6.07, 6.45) is 0. The van der Waals surface area contributed by atoms with Crippen LogP contribution < -0.4 is 15.4 Å². The SMILES string of the molecule is COc1cc(C)c(NCCNC(C)C)c(C)c1C. The average molecular weight is 250 g/mol. The molecule has 3 nitrogen and oxygen atoms in total. The van der Waals surface area contributed by atoms with E-state index in [2.05, 4.69) is 51.3 Å². The zero-order valence-corrected chi connectivity index (χ0v) is 12.5. The minimum Gasteiger partial charge on any atom is -0.496 e. The quantitative estimate of drug-likeness (QED) is 0.761. The van der Waals surface area contributed by atoms with Gasteiger partial charge in [-0.1, -0.05) is 13.8 Å². The minimum atomic E-state index is 0.534. The second-order valence-corrected chi connectivity index (χ2v) is 5.06. The van der Waals surface area contributed by atoms with Crippen molar-refractivity contribution in [3.63, 3.8) is 0 Å². The van der Waals surface area contributed by atoms with E-state index in [1.165, 1.54) is 22.4 Å². The molecule has 0 spiro atoms. The van der Waals surface area contributed by atoms with Crippen LogP contribution in [0.25, 0.3) is 0 Å². The van der Waals surface area contributed by atoms with Gasteiger partial charge in [0, 0.05) is 24.8 Å². The Labute approximate surface area is 111 Å². The van der Waals surface area contributed by atoms with Crippen molar-refractivity contribution >= 4 is 5.69 Å². The topological polar surface area (TPSA) is 33.3 Å². The van der Waals surface area contributed by atoms with Gasteiger partial charge in [-0.05, 0) is 43.5 Å². The summed E-state index contributed by atoms with van der Waals surface area (Å²) in [6, 6.07) is 2.63. The third kappa shape index (κ3) is 3.64. The van der Waals surface area contributed by atoms with Gasteiger partial charge >= 0.3 is 0 Å². The molecule has 1 aromatic carbocycles. The van der Waals surface area contributed by atoms with E-state index in [9.17, 15) is 0 Å². The van der Waals surface area contributed by atoms with Crippen LogP contribution in [0.3, 0.4) is 0 Å². The van der Waals surface area contributed by atoms with Crippen LogP contribution in [0.15, 0.2) is 6.07 Å². The first-order valence-corrected chi connectivity index (χ1v) is 6.59. The maximum atomic E-state index is 5.38. The predicted octanol–water partition coefficient (Wildman–Crippen LogP) is 3.03. The molecule has 1 rings (SSSR count). The third-order valence-electron chi connectivity index (χ3n) is 3.25. The highest BCUT2D eigenvalue weighted by atomic mass is 16.5. The highest BCUT2D eigenvalue weighted by Crippen LogP contribution is 2.30. The molecule has 0 aliphatic rings. The largest absolute Gasteiger partial charge is 0.496 e. The fourth-order valence-corrected chi connectivity index (χ4v) is 2.08. The first kappa shape index (κ1) is 14.8. The van der Waals surface area contributed by atoms with Gasteiger partial charge in [-0.3, -0.25) is 0 Å². The lowest BCUT2D eigenvalue weighted by atomic mass is 10.0. The highest BCUT2D eigenvalue weighted by Gasteiger charge is 2.09. The minimum absolute atomic E-state index is 0.534. The molecule has 0 saturated carbocycles. The van der Waals surface area contributed by atoms with E-state index >= 15 is 0 Å². The summed E-state index contributed by atoms with van der Waals surface area (Å²) >= 11 is 0. The Morgan fingerprint density at radius 2 is 1.78 bits per heavy atom. The number of aryl methyl sites for hydroxylation is 1. The molecule has 2 N–H and O–H groups in total. The van der Waals surface area contributed by atoms with E-state index < -0.39 is 0 Å². The van der Waals surface area contributed by atoms with Crippen molar-refractivity contribution in [3.8, 4) is 5.75 Å². The van der Waals surface area contributed by atoms with Gasteiger partial charge in [-0.2, -0.15) is 0 Å². The monoisotopic (exact) mass is 250 g/mol. The second kappa shape index (κ2) is 6.64. The number of hydrogen-bond acceptors (Lipinski definition) is 3. The highest BCUT2D eigenvalue weighted by molar-refractivity contribution is 5.63. The average Bonchev–Trinajstić information content (AvgIpc) is 2.32. The van der Waals surface area contributed by atoms with Crippen molar-refractivity contribution in [1.82, 2.24) is 5.32 Å². The Morgan fingerprint density at radius 1 is 1.11 bits per heavy atom. The maximum Gasteiger partial charge on any atom is 0.122 e. The van der Waals surface area contributed by atoms with Crippen molar-refractivity contribution in [2.75, 3.05) is 25.5 Å². The molecular weight excluding hydrogens is 224 g/mol. The van der Waals surface area contributed by atoms with Gasteiger partial charge in [0.1, 0.15) is 5.75 Å². The van der Waals surface area contributed by atoms with Crippen LogP contribution in [-0.2, 0) is 0 Å². The molecule has 1 aromatic rings. The number of rotatable bonds is 6. The number of hydrogen-bond donors (Lipinski definition) is 2. The molecule has 0 unspecified atom stereocenters. The van der Waals surface area contributed by atoms with Gasteiger partial charge < -0.3 is 15.4 Å². The molecular formula is C15H26N2O. The lowest BCUT2D eigenvalue weighted by Gasteiger charge is -2.18. The molecule has 0 heterocycles. The van der Waals surface area contributed by atoms with Gasteiger partial charge in [0.2, 0.25) is 0 Å². The van der Waals surface area contributed by atoms with E-state index in [1.54, 1.807) is 7.11 Å². The molecule has 0 aliphatic carbocycles. The van der Waals surface area contributed by atoms with Crippen LogP contribution in [0.4, 0.5) is 5.69 Å². The van der Waals surface area contributed by atoms with Gasteiger partial charge in [0.15, 0.2) is 0 Å². The summed E-state index contributed by atoms with van der Waals surface area (Å²) in [7, 11) is 1.72. The summed E-state index contributed by atoms with van der Waals surface area (Å²) in [4.78, 5) is 0. The van der Waals surface area contributed by atoms with Crippen LogP contribution in [0.1, 0.15) is 30.5 Å². The molecule has 0 saturated heterocycles. The van der Waals surface area contributed by atoms with Crippen molar-refractivity contribution in [2.24, 2.45) is 0 Å². The fraction of sp³-hybridized carbons (Fsp3) is 0.600. The molecule has 0 fully saturated rings. The molecule has 0 bridgehead atoms. The molecule has 0 radical (unpaired) electrons. The van der Waals surface area contributed by atoms with E-state index in [0.717, 1.165) is 18.8 Å². The fourth-order valence-electron chi connectivity index (χ4n) is 2.08. The first-order valence-electron chi connectivity index (χ1n) is 6.59. The lowest BCUT2D eigenvalue weighted by molar-refractivity contribution is 0.411. The molecule has 0 aromatic heterocycles. The zero-order valence-electron chi connectivity index (χ0n) is 12.5. The summed E-state index contributed by atoms with van der Waals surface area (Å²) in [5.74, 6) is 0.968. The van der Waals surface area contributed by atoms with Crippen LogP contribution in [-0.4, -0.2) is 26.2 Å². The summed E-state index contributed by atoms with van der Waals surface area (Å²) in [6.45, 7) is 12.6. The predicted molar refractivity (Wildman–Crippen MR) is 78.8 cm³/mol. The van der Waals surface area contributed by atoms with E-state index in [-0.39, 0.29) is 0 Å². The summed E-state index contributed by atoms with van der Waals surface area (Å²) < 4.78 is 5.38. The molecule has 0 atom stereocenters. The van der Waals surface area contributed by atoms with E-state index in [1.807, 2.05) is 0 Å². The van der Waals surface area contributed by atoms with E-state index in [4.69, 9.17) is 4.74 Å². The van der Waals surface area contributed by atoms with Crippen molar-refractivity contribution in [1.29, 1.82) is 0 Å². The first-order chi connectivity index (χ1) is 8.47. The van der Waals surface area contributed by atoms with Crippen molar-refractivity contribution in [3.05, 3.63) is 22.8 Å². The van der Waals surface area contributed by atoms with Crippen LogP contribution in [0.2, 0.25) is 0 Å². The third-order valence-corrected chi connectivity index (χ3v) is 3.25. The standard InChI is InChI=1S/C15H26N2O/c1-10(2)16-7-8-17-15-11(3)9-14(18-6)12(4)13(15)5/h9-10,16-17H,7-8H2,1-6H3. The van der Waals surface area contributed by atoms with Crippen LogP contribution in [0, 0.1) is 20.8 Å². The summed E-state index contributed by atoms with van der Waals surface area (Å²) in [5, 5.41) is 6.92. The Kier molecular flexibility index (Phi) is 5.48. The smallest absolute Gasteiger partial charge is 0.122 e. The second-order valence-electron chi connectivity index (χ2n) is 5.06. The number of anilines is 1. The number of benzene rings is 1. The molecule has 3 heteroatoms. The number of nitrogens with one attached hydrogen (secondary N) is 2. The Morgan fingerprint density at radius 3 is 2.33 bits per heavy atom. The normalized spacial score (nSPS) is 10.8. The Bertz CT molecular complexity index is 400. The van der Waals surface area contributed by atoms with E-state index in [0.29, 0.717) is 6.04 Å². The van der Waals surface area contributed by atoms with Gasteiger partial charge in [0.25, 0.3) is 0 Å². The number of methoxy groups -OCH3 is 1. The number of ether oxygens (including phenoxy) is 1. The maximum absolute atomic E-state index is 5.38. The van der Waals surface area contributed by atoms with Crippen molar-refractivity contribution < 1.29 is 4.74 Å². The molecule has 0 aliphatic heterocycles. The summed E-state index contributed by atoms with van der Waals surface area (Å²) in [5.41, 5.74) is 4.96. The Balaban J connectivity index is 2.74. The van der Waals surface area contributed by atoms with Gasteiger partial charge in [-0.15, -0.1) is 0 Å². The van der Waals surface area contributed by atoms with Gasteiger partial charge in [-0.25, -0.2) is 0 Å². The van der Waals surface area contributed by atoms with Crippen LogP contribution in [0.5, 0.6) is 5.75 Å². The van der Waals surface area contributed by atoms with Crippen molar-refractivity contribution in [2.45, 2.75) is 40.7 Å². The molecule has 18 heavy (non-hydrogen) atoms. The molecule has 102 valence electrons. The lowest BCUT2D eigenvalue weighted by Crippen LogP contribution is -2.28. The zero-order chi connectivity index (χ0) is 13.7.